The molecule has 1 aromatic carbocycles. The van der Waals surface area contributed by atoms with Crippen LogP contribution in [-0.2, 0) is 4.79 Å². The standard InChI is InChI=1S/C17H20BrN5O2S/c18-13-9-5-4-8-12(13)15-21-17(23-22-15)26-10-14(24)20-16(25)19-11-6-2-1-3-7-11/h4-5,8-9,11H,1-3,6-7,10H2,(H,21,22,23)(H2,19,20,24,25). The third-order valence-electron chi connectivity index (χ3n) is 4.12. The Kier molecular flexibility index (Phi) is 6.67. The lowest BCUT2D eigenvalue weighted by atomic mass is 9.96. The second kappa shape index (κ2) is 9.18. The molecule has 0 bridgehead atoms. The van der Waals surface area contributed by atoms with Gasteiger partial charge in [-0.05, 0) is 18.9 Å². The fourth-order valence-electron chi connectivity index (χ4n) is 2.85. The monoisotopic (exact) mass is 437 g/mol. The largest absolute Gasteiger partial charge is 0.335 e. The van der Waals surface area contributed by atoms with Crippen molar-refractivity contribution in [3.05, 3.63) is 28.7 Å². The number of carbonyl (C=O) groups is 2. The molecule has 0 saturated heterocycles. The number of thioether (sulfide) groups is 1. The molecule has 0 unspecified atom stereocenters. The van der Waals surface area contributed by atoms with Gasteiger partial charge in [-0.25, -0.2) is 9.78 Å². The van der Waals surface area contributed by atoms with Gasteiger partial charge in [0.25, 0.3) is 0 Å². The van der Waals surface area contributed by atoms with Crippen molar-refractivity contribution < 1.29 is 9.59 Å². The van der Waals surface area contributed by atoms with Crippen molar-refractivity contribution >= 4 is 39.6 Å². The first-order valence-corrected chi connectivity index (χ1v) is 10.3. The molecule has 138 valence electrons. The number of imide groups is 1. The average Bonchev–Trinajstić information content (AvgIpc) is 3.10. The quantitative estimate of drug-likeness (QED) is 0.621. The fourth-order valence-corrected chi connectivity index (χ4v) is 3.92. The summed E-state index contributed by atoms with van der Waals surface area (Å²) in [4.78, 5) is 28.2. The molecular weight excluding hydrogens is 418 g/mol. The molecule has 0 spiro atoms. The second-order valence-corrected chi connectivity index (χ2v) is 7.89. The van der Waals surface area contributed by atoms with Crippen LogP contribution in [0.15, 0.2) is 33.9 Å². The number of benzene rings is 1. The molecule has 3 amide bonds. The van der Waals surface area contributed by atoms with Crippen LogP contribution in [0.3, 0.4) is 0 Å². The van der Waals surface area contributed by atoms with Crippen LogP contribution in [0.2, 0.25) is 0 Å². The van der Waals surface area contributed by atoms with Crippen molar-refractivity contribution in [2.45, 2.75) is 43.3 Å². The minimum absolute atomic E-state index is 0.0747. The summed E-state index contributed by atoms with van der Waals surface area (Å²) in [6.45, 7) is 0. The zero-order valence-electron chi connectivity index (χ0n) is 14.1. The van der Waals surface area contributed by atoms with E-state index in [-0.39, 0.29) is 17.7 Å². The van der Waals surface area contributed by atoms with Crippen molar-refractivity contribution in [2.24, 2.45) is 0 Å². The highest BCUT2D eigenvalue weighted by Crippen LogP contribution is 2.26. The highest BCUT2D eigenvalue weighted by molar-refractivity contribution is 9.10. The maximum absolute atomic E-state index is 11.9. The van der Waals surface area contributed by atoms with Crippen molar-refractivity contribution in [3.8, 4) is 11.4 Å². The highest BCUT2D eigenvalue weighted by atomic mass is 79.9. The highest BCUT2D eigenvalue weighted by Gasteiger charge is 2.17. The minimum Gasteiger partial charge on any atom is -0.335 e. The molecular formula is C17H20BrN5O2S. The molecule has 1 aliphatic carbocycles. The second-order valence-electron chi connectivity index (χ2n) is 6.09. The van der Waals surface area contributed by atoms with Gasteiger partial charge in [0.15, 0.2) is 5.82 Å². The summed E-state index contributed by atoms with van der Waals surface area (Å²) in [6.07, 6.45) is 5.42. The van der Waals surface area contributed by atoms with Crippen LogP contribution in [0.5, 0.6) is 0 Å². The van der Waals surface area contributed by atoms with Crippen LogP contribution in [0.4, 0.5) is 4.79 Å². The lowest BCUT2D eigenvalue weighted by molar-refractivity contribution is -0.117. The molecule has 1 heterocycles. The van der Waals surface area contributed by atoms with E-state index in [1.807, 2.05) is 24.3 Å². The molecule has 0 atom stereocenters. The van der Waals surface area contributed by atoms with Gasteiger partial charge in [-0.15, -0.1) is 5.10 Å². The minimum atomic E-state index is -0.425. The molecule has 1 aliphatic rings. The number of hydrogen-bond acceptors (Lipinski definition) is 5. The van der Waals surface area contributed by atoms with Crippen LogP contribution >= 0.6 is 27.7 Å². The van der Waals surface area contributed by atoms with Gasteiger partial charge in [0.05, 0.1) is 5.75 Å². The van der Waals surface area contributed by atoms with Gasteiger partial charge in [-0.3, -0.25) is 15.2 Å². The molecule has 26 heavy (non-hydrogen) atoms. The van der Waals surface area contributed by atoms with E-state index in [0.29, 0.717) is 11.0 Å². The Morgan fingerprint density at radius 3 is 2.77 bits per heavy atom. The van der Waals surface area contributed by atoms with Crippen molar-refractivity contribution in [3.63, 3.8) is 0 Å². The van der Waals surface area contributed by atoms with Gasteiger partial charge < -0.3 is 5.32 Å². The predicted molar refractivity (Wildman–Crippen MR) is 104 cm³/mol. The molecule has 1 fully saturated rings. The molecule has 2 aromatic rings. The number of aromatic nitrogens is 3. The normalized spacial score (nSPS) is 14.8. The molecule has 3 N–H and O–H groups in total. The molecule has 0 aliphatic heterocycles. The molecule has 1 saturated carbocycles. The van der Waals surface area contributed by atoms with Gasteiger partial charge in [0, 0.05) is 16.1 Å². The zero-order chi connectivity index (χ0) is 18.4. The van der Waals surface area contributed by atoms with E-state index in [9.17, 15) is 9.59 Å². The molecule has 7 nitrogen and oxygen atoms in total. The van der Waals surface area contributed by atoms with Gasteiger partial charge in [-0.2, -0.15) is 0 Å². The Morgan fingerprint density at radius 2 is 2.00 bits per heavy atom. The number of rotatable bonds is 5. The molecule has 1 aromatic heterocycles. The van der Waals surface area contributed by atoms with E-state index < -0.39 is 6.03 Å². The van der Waals surface area contributed by atoms with Crippen LogP contribution < -0.4 is 10.6 Å². The number of urea groups is 1. The first-order valence-electron chi connectivity index (χ1n) is 8.52. The Labute approximate surface area is 164 Å². The maximum atomic E-state index is 11.9. The number of nitrogens with zero attached hydrogens (tertiary/aromatic N) is 2. The SMILES string of the molecule is O=C(CSc1n[nH]c(-c2ccccc2Br)n1)NC(=O)NC1CCCCC1. The van der Waals surface area contributed by atoms with Crippen LogP contribution in [-0.4, -0.2) is 38.9 Å². The summed E-state index contributed by atoms with van der Waals surface area (Å²) in [7, 11) is 0. The summed E-state index contributed by atoms with van der Waals surface area (Å²) in [5.41, 5.74) is 0.892. The summed E-state index contributed by atoms with van der Waals surface area (Å²) in [5.74, 6) is 0.330. The summed E-state index contributed by atoms with van der Waals surface area (Å²) in [5, 5.41) is 12.6. The first kappa shape index (κ1) is 18.9. The molecule has 3 rings (SSSR count). The lowest BCUT2D eigenvalue weighted by Gasteiger charge is -2.22. The van der Waals surface area contributed by atoms with E-state index in [1.165, 1.54) is 18.2 Å². The number of aromatic amines is 1. The topological polar surface area (TPSA) is 99.8 Å². The smallest absolute Gasteiger partial charge is 0.321 e. The Hall–Kier alpha value is -1.87. The number of nitrogens with one attached hydrogen (secondary N) is 3. The Balaban J connectivity index is 1.46. The maximum Gasteiger partial charge on any atom is 0.321 e. The van der Waals surface area contributed by atoms with E-state index >= 15 is 0 Å². The van der Waals surface area contributed by atoms with E-state index in [0.717, 1.165) is 35.7 Å². The number of hydrogen-bond donors (Lipinski definition) is 3. The van der Waals surface area contributed by atoms with Gasteiger partial charge in [-0.1, -0.05) is 65.2 Å². The summed E-state index contributed by atoms with van der Waals surface area (Å²) < 4.78 is 0.907. The van der Waals surface area contributed by atoms with E-state index in [4.69, 9.17) is 0 Å². The number of amides is 3. The number of carbonyl (C=O) groups excluding carboxylic acids is 2. The number of H-pyrrole nitrogens is 1. The Bertz CT molecular complexity index is 776. The summed E-state index contributed by atoms with van der Waals surface area (Å²) in [6, 6.07) is 7.41. The van der Waals surface area contributed by atoms with Crippen molar-refractivity contribution in [2.75, 3.05) is 5.75 Å². The zero-order valence-corrected chi connectivity index (χ0v) is 16.5. The van der Waals surface area contributed by atoms with E-state index in [1.54, 1.807) is 0 Å². The molecule has 9 heteroatoms. The molecule has 0 radical (unpaired) electrons. The van der Waals surface area contributed by atoms with Crippen LogP contribution in [0.25, 0.3) is 11.4 Å². The third kappa shape index (κ3) is 5.31. The van der Waals surface area contributed by atoms with Crippen molar-refractivity contribution in [1.82, 2.24) is 25.8 Å². The van der Waals surface area contributed by atoms with Gasteiger partial charge in [0.1, 0.15) is 0 Å². The number of halogens is 1. The van der Waals surface area contributed by atoms with Gasteiger partial charge >= 0.3 is 6.03 Å². The van der Waals surface area contributed by atoms with E-state index in [2.05, 4.69) is 41.7 Å². The van der Waals surface area contributed by atoms with Crippen LogP contribution in [0, 0.1) is 0 Å². The third-order valence-corrected chi connectivity index (χ3v) is 5.66. The fraction of sp³-hybridized carbons (Fsp3) is 0.412. The van der Waals surface area contributed by atoms with Gasteiger partial charge in [0.2, 0.25) is 11.1 Å². The predicted octanol–water partition coefficient (Wildman–Crippen LogP) is 3.48. The van der Waals surface area contributed by atoms with Crippen molar-refractivity contribution in [1.29, 1.82) is 0 Å². The summed E-state index contributed by atoms with van der Waals surface area (Å²) >= 11 is 4.65. The van der Waals surface area contributed by atoms with Crippen LogP contribution in [0.1, 0.15) is 32.1 Å². The first-order chi connectivity index (χ1) is 12.6. The Morgan fingerprint density at radius 1 is 1.23 bits per heavy atom. The average molecular weight is 438 g/mol. The lowest BCUT2D eigenvalue weighted by Crippen LogP contribution is -2.45.